The summed E-state index contributed by atoms with van der Waals surface area (Å²) in [5.41, 5.74) is 0.318. The summed E-state index contributed by atoms with van der Waals surface area (Å²) >= 11 is 0. The first-order valence-corrected chi connectivity index (χ1v) is 6.84. The second-order valence-corrected chi connectivity index (χ2v) is 5.75. The molecular weight excluding hydrogens is 226 g/mol. The average Bonchev–Trinajstić information content (AvgIpc) is 2.26. The number of hydrogen-bond acceptors (Lipinski definition) is 3. The van der Waals surface area contributed by atoms with E-state index in [9.17, 15) is 13.5 Å². The van der Waals surface area contributed by atoms with E-state index in [0.717, 1.165) is 10.7 Å². The number of sulfonamides is 1. The fourth-order valence-electron chi connectivity index (χ4n) is 1.34. The fraction of sp³-hybridized carbons (Fsp3) is 0.455. The van der Waals surface area contributed by atoms with Crippen LogP contribution in [-0.4, -0.2) is 26.3 Å². The Morgan fingerprint density at radius 3 is 2.50 bits per heavy atom. The van der Waals surface area contributed by atoms with Gasteiger partial charge in [-0.3, -0.25) is 4.31 Å². The smallest absolute Gasteiger partial charge is 0.235 e. The van der Waals surface area contributed by atoms with E-state index in [2.05, 4.69) is 0 Å². The summed E-state index contributed by atoms with van der Waals surface area (Å²) in [4.78, 5) is 0. The number of rotatable bonds is 5. The lowest BCUT2D eigenvalue weighted by Gasteiger charge is -2.20. The van der Waals surface area contributed by atoms with Crippen molar-refractivity contribution in [2.24, 2.45) is 0 Å². The summed E-state index contributed by atoms with van der Waals surface area (Å²) in [6.07, 6.45) is 1.45. The number of aromatic hydroxyl groups is 1. The van der Waals surface area contributed by atoms with E-state index in [1.807, 2.05) is 6.92 Å². The van der Waals surface area contributed by atoms with Crippen LogP contribution in [0.3, 0.4) is 0 Å². The number of para-hydroxylation sites is 2. The third kappa shape index (κ3) is 2.88. The molecule has 1 rings (SSSR count). The normalized spacial score (nSPS) is 11.4. The summed E-state index contributed by atoms with van der Waals surface area (Å²) in [7, 11) is -1.87. The number of phenols is 1. The van der Waals surface area contributed by atoms with E-state index >= 15 is 0 Å². The van der Waals surface area contributed by atoms with Crippen molar-refractivity contribution >= 4 is 15.7 Å². The zero-order valence-corrected chi connectivity index (χ0v) is 10.4. The molecule has 0 aliphatic carbocycles. The second kappa shape index (κ2) is 5.21. The molecule has 0 aromatic heterocycles. The first kappa shape index (κ1) is 12.8. The molecule has 5 heteroatoms. The fourth-order valence-corrected chi connectivity index (χ4v) is 2.73. The molecule has 1 aromatic carbocycles. The van der Waals surface area contributed by atoms with Gasteiger partial charge in [0.25, 0.3) is 0 Å². The Bertz CT molecular complexity index is 442. The minimum absolute atomic E-state index is 0.0231. The van der Waals surface area contributed by atoms with Gasteiger partial charge in [0.15, 0.2) is 0 Å². The maximum absolute atomic E-state index is 11.9. The van der Waals surface area contributed by atoms with Gasteiger partial charge in [-0.25, -0.2) is 8.42 Å². The third-order valence-electron chi connectivity index (χ3n) is 2.39. The van der Waals surface area contributed by atoms with Crippen LogP contribution in [0.2, 0.25) is 0 Å². The summed E-state index contributed by atoms with van der Waals surface area (Å²) < 4.78 is 24.9. The van der Waals surface area contributed by atoms with Gasteiger partial charge in [-0.15, -0.1) is 0 Å². The van der Waals surface area contributed by atoms with Crippen LogP contribution in [0.15, 0.2) is 24.3 Å². The first-order chi connectivity index (χ1) is 7.49. The Morgan fingerprint density at radius 2 is 1.94 bits per heavy atom. The number of hydrogen-bond donors (Lipinski definition) is 1. The zero-order chi connectivity index (χ0) is 12.2. The molecule has 0 heterocycles. The maximum Gasteiger partial charge on any atom is 0.235 e. The van der Waals surface area contributed by atoms with E-state index in [4.69, 9.17) is 0 Å². The molecule has 0 aliphatic rings. The predicted octanol–water partition coefficient (Wildman–Crippen LogP) is 1.96. The van der Waals surface area contributed by atoms with E-state index in [1.165, 1.54) is 13.1 Å². The van der Waals surface area contributed by atoms with E-state index in [1.54, 1.807) is 18.2 Å². The summed E-state index contributed by atoms with van der Waals surface area (Å²) in [5.74, 6) is 0.0824. The van der Waals surface area contributed by atoms with Crippen molar-refractivity contribution in [2.75, 3.05) is 17.1 Å². The number of anilines is 1. The van der Waals surface area contributed by atoms with Crippen molar-refractivity contribution in [3.63, 3.8) is 0 Å². The van der Waals surface area contributed by atoms with Crippen molar-refractivity contribution in [3.05, 3.63) is 24.3 Å². The molecule has 1 N–H and O–H groups in total. The molecule has 0 bridgehead atoms. The predicted molar refractivity (Wildman–Crippen MR) is 65.2 cm³/mol. The zero-order valence-electron chi connectivity index (χ0n) is 9.55. The molecule has 0 saturated carbocycles. The highest BCUT2D eigenvalue weighted by Gasteiger charge is 2.19. The monoisotopic (exact) mass is 243 g/mol. The molecule has 16 heavy (non-hydrogen) atoms. The number of phenolic OH excluding ortho intramolecular Hbond substituents is 1. The van der Waals surface area contributed by atoms with Crippen LogP contribution in [0, 0.1) is 0 Å². The van der Waals surface area contributed by atoms with E-state index < -0.39 is 10.0 Å². The highest BCUT2D eigenvalue weighted by molar-refractivity contribution is 7.92. The molecular formula is C11H17NO3S. The largest absolute Gasteiger partial charge is 0.506 e. The summed E-state index contributed by atoms with van der Waals surface area (Å²) in [6, 6.07) is 6.41. The Labute approximate surface area is 96.6 Å². The Morgan fingerprint density at radius 1 is 1.31 bits per heavy atom. The van der Waals surface area contributed by atoms with Crippen LogP contribution in [0.1, 0.15) is 19.8 Å². The van der Waals surface area contributed by atoms with Gasteiger partial charge in [-0.05, 0) is 18.6 Å². The van der Waals surface area contributed by atoms with Gasteiger partial charge in [0.05, 0.1) is 11.4 Å². The lowest BCUT2D eigenvalue weighted by atomic mass is 10.3. The van der Waals surface area contributed by atoms with Gasteiger partial charge in [0.2, 0.25) is 10.0 Å². The number of unbranched alkanes of at least 4 members (excludes halogenated alkanes) is 1. The van der Waals surface area contributed by atoms with Crippen LogP contribution >= 0.6 is 0 Å². The van der Waals surface area contributed by atoms with Crippen molar-refractivity contribution in [1.29, 1.82) is 0 Å². The van der Waals surface area contributed by atoms with Crippen molar-refractivity contribution < 1.29 is 13.5 Å². The van der Waals surface area contributed by atoms with Gasteiger partial charge in [0.1, 0.15) is 5.75 Å². The van der Waals surface area contributed by atoms with E-state index in [-0.39, 0.29) is 11.5 Å². The van der Waals surface area contributed by atoms with E-state index in [0.29, 0.717) is 12.1 Å². The van der Waals surface area contributed by atoms with Crippen LogP contribution in [0.25, 0.3) is 0 Å². The van der Waals surface area contributed by atoms with Gasteiger partial charge in [-0.2, -0.15) is 0 Å². The lowest BCUT2D eigenvalue weighted by Crippen LogP contribution is -2.28. The van der Waals surface area contributed by atoms with Gasteiger partial charge >= 0.3 is 0 Å². The van der Waals surface area contributed by atoms with Crippen LogP contribution < -0.4 is 4.31 Å². The third-order valence-corrected chi connectivity index (χ3v) is 4.23. The molecule has 90 valence electrons. The Hall–Kier alpha value is -1.23. The summed E-state index contributed by atoms with van der Waals surface area (Å²) in [6.45, 7) is 1.94. The second-order valence-electron chi connectivity index (χ2n) is 3.63. The highest BCUT2D eigenvalue weighted by Crippen LogP contribution is 2.27. The SMILES string of the molecule is CCCCS(=O)(=O)N(C)c1ccccc1O. The molecule has 0 spiro atoms. The lowest BCUT2D eigenvalue weighted by molar-refractivity contribution is 0.476. The number of benzene rings is 1. The van der Waals surface area contributed by atoms with Crippen LogP contribution in [0.4, 0.5) is 5.69 Å². The Balaban J connectivity index is 2.94. The molecule has 1 aromatic rings. The highest BCUT2D eigenvalue weighted by atomic mass is 32.2. The van der Waals surface area contributed by atoms with Gasteiger partial charge in [-0.1, -0.05) is 25.5 Å². The van der Waals surface area contributed by atoms with Gasteiger partial charge in [0, 0.05) is 7.05 Å². The van der Waals surface area contributed by atoms with Crippen LogP contribution in [0.5, 0.6) is 5.75 Å². The molecule has 0 aliphatic heterocycles. The standard InChI is InChI=1S/C11H17NO3S/c1-3-4-9-16(14,15)12(2)10-7-5-6-8-11(10)13/h5-8,13H,3-4,9H2,1-2H3. The molecule has 4 nitrogen and oxygen atoms in total. The minimum Gasteiger partial charge on any atom is -0.506 e. The minimum atomic E-state index is -3.32. The van der Waals surface area contributed by atoms with Crippen LogP contribution in [-0.2, 0) is 10.0 Å². The molecule has 0 atom stereocenters. The molecule has 0 fully saturated rings. The molecule has 0 unspecified atom stereocenters. The van der Waals surface area contributed by atoms with Crippen molar-refractivity contribution in [2.45, 2.75) is 19.8 Å². The summed E-state index contributed by atoms with van der Waals surface area (Å²) in [5, 5.41) is 9.56. The first-order valence-electron chi connectivity index (χ1n) is 5.23. The van der Waals surface area contributed by atoms with Crippen molar-refractivity contribution in [3.8, 4) is 5.75 Å². The van der Waals surface area contributed by atoms with Crippen molar-refractivity contribution in [1.82, 2.24) is 0 Å². The quantitative estimate of drug-likeness (QED) is 0.860. The average molecular weight is 243 g/mol. The Kier molecular flexibility index (Phi) is 4.18. The molecule has 0 radical (unpaired) electrons. The number of nitrogens with zero attached hydrogens (tertiary/aromatic N) is 1. The van der Waals surface area contributed by atoms with Gasteiger partial charge < -0.3 is 5.11 Å². The molecule has 0 amide bonds. The maximum atomic E-state index is 11.9. The molecule has 0 saturated heterocycles. The topological polar surface area (TPSA) is 57.6 Å².